The zero-order valence-corrected chi connectivity index (χ0v) is 14.0. The van der Waals surface area contributed by atoms with Crippen LogP contribution in [-0.4, -0.2) is 36.6 Å². The molecule has 3 N–H and O–H groups in total. The van der Waals surface area contributed by atoms with Crippen LogP contribution in [0.1, 0.15) is 19.8 Å². The zero-order chi connectivity index (χ0) is 16.5. The Hall–Kier alpha value is -1.68. The number of hydrogen-bond donors (Lipinski definition) is 3. The summed E-state index contributed by atoms with van der Waals surface area (Å²) in [5, 5.41) is 12.3. The molecule has 2 rings (SSSR count). The van der Waals surface area contributed by atoms with E-state index in [0.717, 1.165) is 36.6 Å². The summed E-state index contributed by atoms with van der Waals surface area (Å²) >= 11 is 1.62. The maximum absolute atomic E-state index is 12.1. The van der Waals surface area contributed by atoms with Gasteiger partial charge in [-0.25, -0.2) is 5.48 Å². The van der Waals surface area contributed by atoms with E-state index in [0.29, 0.717) is 12.4 Å². The molecule has 1 heterocycles. The number of hydrogen-bond acceptors (Lipinski definition) is 5. The van der Waals surface area contributed by atoms with E-state index in [1.54, 1.807) is 18.7 Å². The van der Waals surface area contributed by atoms with Crippen LogP contribution in [0.3, 0.4) is 0 Å². The standard InChI is InChI=1S/C17H22N2O3S/c1-2-3-12-22-14-4-6-15(7-5-14)23-13-17(16(20)19-21)8-10-18-11-9-17/h4-7,18,21H,8-13H2,1H3,(H,19,20). The van der Waals surface area contributed by atoms with E-state index < -0.39 is 5.41 Å². The highest BCUT2D eigenvalue weighted by Gasteiger charge is 2.39. The van der Waals surface area contributed by atoms with Gasteiger partial charge in [0, 0.05) is 10.6 Å². The molecule has 1 aliphatic rings. The molecule has 124 valence electrons. The summed E-state index contributed by atoms with van der Waals surface area (Å²) in [6.07, 6.45) is 1.45. The first-order chi connectivity index (χ1) is 11.2. The van der Waals surface area contributed by atoms with Crippen molar-refractivity contribution in [3.05, 3.63) is 24.3 Å². The van der Waals surface area contributed by atoms with Crippen molar-refractivity contribution >= 4 is 17.7 Å². The van der Waals surface area contributed by atoms with Gasteiger partial charge in [0.25, 0.3) is 0 Å². The third-order valence-corrected chi connectivity index (χ3v) is 5.27. The van der Waals surface area contributed by atoms with E-state index in [1.807, 2.05) is 29.7 Å². The summed E-state index contributed by atoms with van der Waals surface area (Å²) in [6, 6.07) is 7.76. The number of amides is 1. The number of thioether (sulfide) groups is 1. The SMILES string of the molecule is CC#CCOc1ccc(SCC2(C(=O)NO)CCNCC2)cc1. The quantitative estimate of drug-likeness (QED) is 0.321. The van der Waals surface area contributed by atoms with Crippen molar-refractivity contribution in [3.8, 4) is 17.6 Å². The lowest BCUT2D eigenvalue weighted by Crippen LogP contribution is -2.48. The molecular weight excluding hydrogens is 312 g/mol. The molecular formula is C17H22N2O3S. The molecule has 0 saturated carbocycles. The summed E-state index contributed by atoms with van der Waals surface area (Å²) in [6.45, 7) is 3.75. The minimum Gasteiger partial charge on any atom is -0.481 e. The van der Waals surface area contributed by atoms with Gasteiger partial charge in [0.05, 0.1) is 5.41 Å². The van der Waals surface area contributed by atoms with Gasteiger partial charge in [-0.1, -0.05) is 5.92 Å². The third-order valence-electron chi connectivity index (χ3n) is 3.97. The Balaban J connectivity index is 1.94. The second kappa shape index (κ2) is 8.82. The molecule has 1 aliphatic heterocycles. The first-order valence-corrected chi connectivity index (χ1v) is 8.59. The lowest BCUT2D eigenvalue weighted by molar-refractivity contribution is -0.140. The second-order valence-corrected chi connectivity index (χ2v) is 6.50. The van der Waals surface area contributed by atoms with Crippen molar-refractivity contribution < 1.29 is 14.7 Å². The van der Waals surface area contributed by atoms with Gasteiger partial charge in [-0.3, -0.25) is 10.0 Å². The summed E-state index contributed by atoms with van der Waals surface area (Å²) in [7, 11) is 0. The minimum atomic E-state index is -0.517. The molecule has 1 saturated heterocycles. The average molecular weight is 334 g/mol. The predicted octanol–water partition coefficient (Wildman–Crippen LogP) is 2.06. The molecule has 0 radical (unpaired) electrons. The zero-order valence-electron chi connectivity index (χ0n) is 13.2. The number of carbonyl (C=O) groups excluding carboxylic acids is 1. The van der Waals surface area contributed by atoms with Crippen LogP contribution in [0.25, 0.3) is 0 Å². The Morgan fingerprint density at radius 2 is 2.09 bits per heavy atom. The second-order valence-electron chi connectivity index (χ2n) is 5.45. The number of rotatable bonds is 6. The number of ether oxygens (including phenoxy) is 1. The van der Waals surface area contributed by atoms with Crippen LogP contribution >= 0.6 is 11.8 Å². The fourth-order valence-corrected chi connectivity index (χ4v) is 3.70. The lowest BCUT2D eigenvalue weighted by atomic mass is 9.80. The molecule has 1 aromatic rings. The van der Waals surface area contributed by atoms with E-state index in [2.05, 4.69) is 17.2 Å². The Morgan fingerprint density at radius 1 is 1.39 bits per heavy atom. The molecule has 0 aromatic heterocycles. The highest BCUT2D eigenvalue weighted by Crippen LogP contribution is 2.36. The Morgan fingerprint density at radius 3 is 2.70 bits per heavy atom. The molecule has 6 heteroatoms. The maximum atomic E-state index is 12.1. The smallest absolute Gasteiger partial charge is 0.250 e. The Labute approximate surface area is 141 Å². The van der Waals surface area contributed by atoms with E-state index >= 15 is 0 Å². The molecule has 1 fully saturated rings. The van der Waals surface area contributed by atoms with Crippen LogP contribution < -0.4 is 15.5 Å². The molecule has 5 nitrogen and oxygen atoms in total. The summed E-state index contributed by atoms with van der Waals surface area (Å²) in [5.41, 5.74) is 1.32. The van der Waals surface area contributed by atoms with Crippen molar-refractivity contribution in [2.45, 2.75) is 24.7 Å². The van der Waals surface area contributed by atoms with Gasteiger partial charge in [-0.15, -0.1) is 17.7 Å². The van der Waals surface area contributed by atoms with Crippen LogP contribution in [-0.2, 0) is 4.79 Å². The van der Waals surface area contributed by atoms with Crippen LogP contribution in [0, 0.1) is 17.3 Å². The third kappa shape index (κ3) is 4.90. The Bertz CT molecular complexity index is 572. The number of carbonyl (C=O) groups is 1. The number of benzene rings is 1. The number of hydroxylamine groups is 1. The van der Waals surface area contributed by atoms with Crippen molar-refractivity contribution in [3.63, 3.8) is 0 Å². The molecule has 1 aromatic carbocycles. The van der Waals surface area contributed by atoms with Crippen LogP contribution in [0.15, 0.2) is 29.2 Å². The first kappa shape index (κ1) is 17.7. The molecule has 0 aliphatic carbocycles. The fraction of sp³-hybridized carbons (Fsp3) is 0.471. The summed E-state index contributed by atoms with van der Waals surface area (Å²) in [5.74, 6) is 6.77. The number of nitrogens with one attached hydrogen (secondary N) is 2. The topological polar surface area (TPSA) is 70.6 Å². The van der Waals surface area contributed by atoms with E-state index in [-0.39, 0.29) is 5.91 Å². The molecule has 0 atom stereocenters. The predicted molar refractivity (Wildman–Crippen MR) is 90.6 cm³/mol. The normalized spacial score (nSPS) is 16.1. The Kier molecular flexibility index (Phi) is 6.78. The monoisotopic (exact) mass is 334 g/mol. The molecule has 23 heavy (non-hydrogen) atoms. The van der Waals surface area contributed by atoms with Crippen molar-refractivity contribution in [1.29, 1.82) is 0 Å². The largest absolute Gasteiger partial charge is 0.481 e. The average Bonchev–Trinajstić information content (AvgIpc) is 2.61. The highest BCUT2D eigenvalue weighted by molar-refractivity contribution is 7.99. The maximum Gasteiger partial charge on any atom is 0.250 e. The lowest BCUT2D eigenvalue weighted by Gasteiger charge is -2.35. The van der Waals surface area contributed by atoms with Crippen molar-refractivity contribution in [1.82, 2.24) is 10.8 Å². The molecule has 0 bridgehead atoms. The van der Waals surface area contributed by atoms with Gasteiger partial charge in [-0.05, 0) is 57.1 Å². The first-order valence-electron chi connectivity index (χ1n) is 7.61. The van der Waals surface area contributed by atoms with Gasteiger partial charge in [0.1, 0.15) is 12.4 Å². The summed E-state index contributed by atoms with van der Waals surface area (Å²) < 4.78 is 5.48. The van der Waals surface area contributed by atoms with Crippen molar-refractivity contribution in [2.75, 3.05) is 25.4 Å². The van der Waals surface area contributed by atoms with E-state index in [1.165, 1.54) is 0 Å². The highest BCUT2D eigenvalue weighted by atomic mass is 32.2. The van der Waals surface area contributed by atoms with Crippen LogP contribution in [0.4, 0.5) is 0 Å². The van der Waals surface area contributed by atoms with Gasteiger partial charge in [0.15, 0.2) is 0 Å². The molecule has 0 spiro atoms. The van der Waals surface area contributed by atoms with Gasteiger partial charge in [0.2, 0.25) is 5.91 Å². The molecule has 1 amide bonds. The van der Waals surface area contributed by atoms with E-state index in [4.69, 9.17) is 9.94 Å². The molecule has 0 unspecified atom stereocenters. The van der Waals surface area contributed by atoms with Crippen molar-refractivity contribution in [2.24, 2.45) is 5.41 Å². The number of piperidine rings is 1. The van der Waals surface area contributed by atoms with Gasteiger partial charge < -0.3 is 10.1 Å². The summed E-state index contributed by atoms with van der Waals surface area (Å²) in [4.78, 5) is 13.1. The van der Waals surface area contributed by atoms with Gasteiger partial charge in [-0.2, -0.15) is 0 Å². The van der Waals surface area contributed by atoms with E-state index in [9.17, 15) is 4.79 Å². The minimum absolute atomic E-state index is 0.287. The fourth-order valence-electron chi connectivity index (χ4n) is 2.51. The van der Waals surface area contributed by atoms with Crippen LogP contribution in [0.5, 0.6) is 5.75 Å². The van der Waals surface area contributed by atoms with Gasteiger partial charge >= 0.3 is 0 Å². The van der Waals surface area contributed by atoms with Crippen LogP contribution in [0.2, 0.25) is 0 Å².